The van der Waals surface area contributed by atoms with Gasteiger partial charge in [-0.1, -0.05) is 24.3 Å². The number of phenolic OH excluding ortho intramolecular Hbond substituents is 3. The third-order valence-corrected chi connectivity index (χ3v) is 2.00. The van der Waals surface area contributed by atoms with E-state index in [9.17, 15) is 10.2 Å². The van der Waals surface area contributed by atoms with Gasteiger partial charge in [0.25, 0.3) is 0 Å². The minimum atomic E-state index is -0.560. The van der Waals surface area contributed by atoms with Crippen molar-refractivity contribution in [2.45, 2.75) is 0 Å². The topological polar surface area (TPSA) is 60.7 Å². The van der Waals surface area contributed by atoms with E-state index < -0.39 is 11.5 Å². The summed E-state index contributed by atoms with van der Waals surface area (Å²) in [7, 11) is 0. The summed E-state index contributed by atoms with van der Waals surface area (Å²) in [6.07, 6.45) is 0. The van der Waals surface area contributed by atoms with Gasteiger partial charge >= 0.3 is 0 Å². The van der Waals surface area contributed by atoms with Gasteiger partial charge in [0.05, 0.1) is 0 Å². The van der Waals surface area contributed by atoms with E-state index >= 15 is 0 Å². The van der Waals surface area contributed by atoms with Gasteiger partial charge < -0.3 is 15.3 Å². The second-order valence-electron chi connectivity index (χ2n) is 3.04. The molecule has 3 nitrogen and oxygen atoms in total. The fourth-order valence-corrected chi connectivity index (χ4v) is 1.26. The molecule has 15 heavy (non-hydrogen) atoms. The average Bonchev–Trinajstić information content (AvgIpc) is 2.26. The van der Waals surface area contributed by atoms with Gasteiger partial charge in [-0.15, -0.1) is 0 Å². The molecule has 2 radical (unpaired) electrons. The van der Waals surface area contributed by atoms with Gasteiger partial charge in [0.15, 0.2) is 11.5 Å². The molecule has 3 heteroatoms. The minimum absolute atomic E-state index is 0.376. The van der Waals surface area contributed by atoms with Crippen molar-refractivity contribution < 1.29 is 15.3 Å². The zero-order valence-corrected chi connectivity index (χ0v) is 7.73. The minimum Gasteiger partial charge on any atom is -0.504 e. The molecule has 0 aliphatic heterocycles. The number of phenols is 3. The van der Waals surface area contributed by atoms with E-state index in [2.05, 4.69) is 12.1 Å². The Balaban J connectivity index is 2.56. The van der Waals surface area contributed by atoms with Crippen LogP contribution in [-0.2, 0) is 0 Å². The third kappa shape index (κ3) is 1.72. The molecule has 0 amide bonds. The summed E-state index contributed by atoms with van der Waals surface area (Å²) in [5.41, 5.74) is 1.16. The van der Waals surface area contributed by atoms with Gasteiger partial charge in [0, 0.05) is 6.07 Å². The van der Waals surface area contributed by atoms with Gasteiger partial charge in [-0.05, 0) is 23.3 Å². The summed E-state index contributed by atoms with van der Waals surface area (Å²) in [5.74, 6) is -1.41. The van der Waals surface area contributed by atoms with E-state index in [4.69, 9.17) is 5.11 Å². The van der Waals surface area contributed by atoms with Gasteiger partial charge in [0.2, 0.25) is 5.75 Å². The number of rotatable bonds is 1. The van der Waals surface area contributed by atoms with Gasteiger partial charge in [0.1, 0.15) is 0 Å². The summed E-state index contributed by atoms with van der Waals surface area (Å²) < 4.78 is 0. The first-order valence-corrected chi connectivity index (χ1v) is 4.33. The van der Waals surface area contributed by atoms with Crippen LogP contribution in [0.4, 0.5) is 0 Å². The molecular formula is C12H8O3. The molecule has 3 N–H and O–H groups in total. The molecule has 0 aromatic heterocycles. The van der Waals surface area contributed by atoms with Crippen molar-refractivity contribution in [1.82, 2.24) is 0 Å². The molecule has 2 aromatic carbocycles. The lowest BCUT2D eigenvalue weighted by Gasteiger charge is -2.04. The lowest BCUT2D eigenvalue weighted by Crippen LogP contribution is -1.79. The Morgan fingerprint density at radius 1 is 1.00 bits per heavy atom. The summed E-state index contributed by atoms with van der Waals surface area (Å²) in [6.45, 7) is 0. The van der Waals surface area contributed by atoms with Crippen LogP contribution in [0, 0.1) is 12.1 Å². The Morgan fingerprint density at radius 2 is 1.80 bits per heavy atom. The summed E-state index contributed by atoms with van der Waals surface area (Å²) in [5, 5.41) is 27.7. The smallest absolute Gasteiger partial charge is 0.200 e. The quantitative estimate of drug-likeness (QED) is 0.617. The molecule has 2 rings (SSSR count). The van der Waals surface area contributed by atoms with E-state index in [1.807, 2.05) is 6.07 Å². The van der Waals surface area contributed by atoms with Gasteiger partial charge in [-0.3, -0.25) is 0 Å². The van der Waals surface area contributed by atoms with Crippen molar-refractivity contribution in [3.63, 3.8) is 0 Å². The normalized spacial score (nSPS) is 10.1. The fourth-order valence-electron chi connectivity index (χ4n) is 1.26. The van der Waals surface area contributed by atoms with E-state index in [0.717, 1.165) is 0 Å². The maximum atomic E-state index is 9.30. The van der Waals surface area contributed by atoms with Crippen molar-refractivity contribution >= 4 is 0 Å². The van der Waals surface area contributed by atoms with Gasteiger partial charge in [-0.2, -0.15) is 0 Å². The van der Waals surface area contributed by atoms with Crippen molar-refractivity contribution in [1.29, 1.82) is 0 Å². The summed E-state index contributed by atoms with van der Waals surface area (Å²) in [6, 6.07) is 13.9. The van der Waals surface area contributed by atoms with E-state index in [1.54, 1.807) is 18.2 Å². The van der Waals surface area contributed by atoms with Crippen LogP contribution in [0.25, 0.3) is 11.1 Å². The molecule has 2 aromatic rings. The Hall–Kier alpha value is -2.16. The van der Waals surface area contributed by atoms with Crippen molar-refractivity contribution in [2.75, 3.05) is 0 Å². The Morgan fingerprint density at radius 3 is 2.40 bits per heavy atom. The molecule has 0 atom stereocenters. The molecule has 0 saturated heterocycles. The molecule has 0 saturated carbocycles. The van der Waals surface area contributed by atoms with Crippen LogP contribution in [0.5, 0.6) is 17.2 Å². The predicted octanol–water partition coefficient (Wildman–Crippen LogP) is 2.07. The maximum Gasteiger partial charge on any atom is 0.200 e. The molecule has 0 heterocycles. The fraction of sp³-hybridized carbons (Fsp3) is 0. The number of aromatic hydroxyl groups is 3. The standard InChI is InChI=1S/C12H8O3/c13-10-6-9(7-11(14)12(10)15)8-4-2-1-3-5-8/h1-4,6,13-15H. The lowest BCUT2D eigenvalue weighted by atomic mass is 10.0. The predicted molar refractivity (Wildman–Crippen MR) is 54.5 cm³/mol. The van der Waals surface area contributed by atoms with Crippen LogP contribution in [0.1, 0.15) is 0 Å². The molecular weight excluding hydrogens is 192 g/mol. The molecule has 0 fully saturated rings. The molecule has 0 aliphatic rings. The van der Waals surface area contributed by atoms with Crippen LogP contribution in [-0.4, -0.2) is 15.3 Å². The maximum absolute atomic E-state index is 9.30. The third-order valence-electron chi connectivity index (χ3n) is 2.00. The Bertz CT molecular complexity index is 454. The lowest BCUT2D eigenvalue weighted by molar-refractivity contribution is 0.367. The summed E-state index contributed by atoms with van der Waals surface area (Å²) in [4.78, 5) is 0. The van der Waals surface area contributed by atoms with Gasteiger partial charge in [-0.25, -0.2) is 0 Å². The van der Waals surface area contributed by atoms with Crippen LogP contribution < -0.4 is 0 Å². The van der Waals surface area contributed by atoms with Crippen molar-refractivity contribution in [3.05, 3.63) is 42.5 Å². The van der Waals surface area contributed by atoms with Crippen molar-refractivity contribution in [3.8, 4) is 28.4 Å². The van der Waals surface area contributed by atoms with Crippen LogP contribution in [0.2, 0.25) is 0 Å². The van der Waals surface area contributed by atoms with E-state index in [1.165, 1.54) is 6.07 Å². The Labute approximate surface area is 86.9 Å². The molecule has 0 spiro atoms. The van der Waals surface area contributed by atoms with E-state index in [-0.39, 0.29) is 5.75 Å². The average molecular weight is 200 g/mol. The second kappa shape index (κ2) is 3.53. The molecule has 74 valence electrons. The molecule has 0 unspecified atom stereocenters. The number of benzene rings is 2. The van der Waals surface area contributed by atoms with Crippen LogP contribution in [0.3, 0.4) is 0 Å². The second-order valence-corrected chi connectivity index (χ2v) is 3.04. The first-order chi connectivity index (χ1) is 7.18. The molecule has 0 bridgehead atoms. The zero-order chi connectivity index (χ0) is 10.8. The first kappa shape index (κ1) is 9.40. The Kier molecular flexibility index (Phi) is 2.21. The number of hydrogen-bond acceptors (Lipinski definition) is 3. The van der Waals surface area contributed by atoms with Crippen LogP contribution >= 0.6 is 0 Å². The highest BCUT2D eigenvalue weighted by molar-refractivity contribution is 5.68. The monoisotopic (exact) mass is 200 g/mol. The van der Waals surface area contributed by atoms with Crippen molar-refractivity contribution in [2.24, 2.45) is 0 Å². The highest BCUT2D eigenvalue weighted by atomic mass is 16.3. The highest BCUT2D eigenvalue weighted by Gasteiger charge is 2.09. The molecule has 0 aliphatic carbocycles. The highest BCUT2D eigenvalue weighted by Crippen LogP contribution is 2.37. The van der Waals surface area contributed by atoms with Crippen LogP contribution in [0.15, 0.2) is 30.3 Å². The SMILES string of the molecule is Oc1[c]c(-c2[c]cccc2)cc(O)c1O. The summed E-state index contributed by atoms with van der Waals surface area (Å²) >= 11 is 0. The van der Waals surface area contributed by atoms with E-state index in [0.29, 0.717) is 11.1 Å². The first-order valence-electron chi connectivity index (χ1n) is 4.33. The zero-order valence-electron chi connectivity index (χ0n) is 7.73. The largest absolute Gasteiger partial charge is 0.504 e. The number of hydrogen-bond donors (Lipinski definition) is 3.